The molecule has 0 aliphatic rings. The van der Waals surface area contributed by atoms with Crippen LogP contribution in [0.15, 0.2) is 30.6 Å². The van der Waals surface area contributed by atoms with E-state index in [1.165, 1.54) is 19.2 Å². The first kappa shape index (κ1) is 16.2. The van der Waals surface area contributed by atoms with Gasteiger partial charge in [-0.2, -0.15) is 18.3 Å². The average Bonchev–Trinajstić information content (AvgIpc) is 2.93. The fourth-order valence-electron chi connectivity index (χ4n) is 1.92. The lowest BCUT2D eigenvalue weighted by Gasteiger charge is -2.12. The average molecular weight is 315 g/mol. The predicted octanol–water partition coefficient (Wildman–Crippen LogP) is 2.46. The van der Waals surface area contributed by atoms with Gasteiger partial charge in [-0.25, -0.2) is 0 Å². The Bertz CT molecular complexity index is 626. The van der Waals surface area contributed by atoms with Crippen LogP contribution in [-0.4, -0.2) is 36.2 Å². The molecule has 22 heavy (non-hydrogen) atoms. The highest BCUT2D eigenvalue weighted by Crippen LogP contribution is 2.33. The molecule has 1 aromatic carbocycles. The van der Waals surface area contributed by atoms with E-state index in [1.807, 2.05) is 0 Å². The molecule has 0 bridgehead atoms. The molecular formula is C14H16F3N3O2. The zero-order chi connectivity index (χ0) is 16.2. The smallest absolute Gasteiger partial charge is 0.422 e. The van der Waals surface area contributed by atoms with E-state index in [-0.39, 0.29) is 5.75 Å². The number of rotatable bonds is 6. The van der Waals surface area contributed by atoms with E-state index in [0.717, 1.165) is 0 Å². The number of benzene rings is 1. The lowest BCUT2D eigenvalue weighted by atomic mass is 10.1. The summed E-state index contributed by atoms with van der Waals surface area (Å²) in [6, 6.07) is 4.48. The summed E-state index contributed by atoms with van der Waals surface area (Å²) in [5.41, 5.74) is 6.77. The third kappa shape index (κ3) is 4.14. The van der Waals surface area contributed by atoms with Crippen LogP contribution < -0.4 is 15.2 Å². The highest BCUT2D eigenvalue weighted by atomic mass is 19.4. The molecule has 0 spiro atoms. The van der Waals surface area contributed by atoms with Crippen molar-refractivity contribution in [2.45, 2.75) is 12.7 Å². The lowest BCUT2D eigenvalue weighted by molar-refractivity contribution is -0.153. The molecule has 0 saturated carbocycles. The molecular weight excluding hydrogens is 299 g/mol. The van der Waals surface area contributed by atoms with E-state index in [1.54, 1.807) is 23.1 Å². The molecule has 2 N–H and O–H groups in total. The minimum atomic E-state index is -4.38. The van der Waals surface area contributed by atoms with Gasteiger partial charge in [-0.15, -0.1) is 0 Å². The van der Waals surface area contributed by atoms with Gasteiger partial charge in [0.1, 0.15) is 11.5 Å². The fraction of sp³-hybridized carbons (Fsp3) is 0.357. The third-order valence-corrected chi connectivity index (χ3v) is 2.88. The van der Waals surface area contributed by atoms with Crippen LogP contribution in [0.1, 0.15) is 0 Å². The number of nitrogens with zero attached hydrogens (tertiary/aromatic N) is 2. The number of methoxy groups -OCH3 is 1. The lowest BCUT2D eigenvalue weighted by Crippen LogP contribution is -2.19. The normalized spacial score (nSPS) is 11.5. The maximum absolute atomic E-state index is 12.2. The summed E-state index contributed by atoms with van der Waals surface area (Å²) in [7, 11) is 1.49. The number of ether oxygens (including phenoxy) is 2. The highest BCUT2D eigenvalue weighted by molar-refractivity contribution is 5.71. The molecule has 1 heterocycles. The molecule has 0 atom stereocenters. The zero-order valence-corrected chi connectivity index (χ0v) is 11.9. The SMILES string of the molecule is COc1ccc(OCC(F)(F)F)cc1-c1cnn(CCN)c1. The van der Waals surface area contributed by atoms with Crippen molar-refractivity contribution in [1.29, 1.82) is 0 Å². The molecule has 2 rings (SSSR count). The Balaban J connectivity index is 2.27. The summed E-state index contributed by atoms with van der Waals surface area (Å²) in [6.45, 7) is -0.356. The Morgan fingerprint density at radius 1 is 1.32 bits per heavy atom. The second-order valence-corrected chi connectivity index (χ2v) is 4.55. The quantitative estimate of drug-likeness (QED) is 0.889. The summed E-state index contributed by atoms with van der Waals surface area (Å²) < 4.78 is 48.3. The molecule has 8 heteroatoms. The van der Waals surface area contributed by atoms with Gasteiger partial charge in [0, 0.05) is 23.9 Å². The van der Waals surface area contributed by atoms with Gasteiger partial charge in [-0.1, -0.05) is 0 Å². The molecule has 0 unspecified atom stereocenters. The monoisotopic (exact) mass is 315 g/mol. The molecule has 0 aliphatic heterocycles. The van der Waals surface area contributed by atoms with E-state index >= 15 is 0 Å². The Morgan fingerprint density at radius 3 is 2.73 bits per heavy atom. The van der Waals surface area contributed by atoms with Crippen LogP contribution in [0.2, 0.25) is 0 Å². The number of nitrogens with two attached hydrogens (primary N) is 1. The summed E-state index contributed by atoms with van der Waals surface area (Å²) in [5, 5.41) is 4.13. The Morgan fingerprint density at radius 2 is 2.09 bits per heavy atom. The molecule has 120 valence electrons. The Kier molecular flexibility index (Phi) is 4.92. The van der Waals surface area contributed by atoms with Crippen molar-refractivity contribution in [3.05, 3.63) is 30.6 Å². The minimum absolute atomic E-state index is 0.111. The minimum Gasteiger partial charge on any atom is -0.496 e. The Labute approximate surface area is 125 Å². The topological polar surface area (TPSA) is 62.3 Å². The molecule has 0 amide bonds. The van der Waals surface area contributed by atoms with E-state index in [0.29, 0.717) is 30.0 Å². The van der Waals surface area contributed by atoms with Gasteiger partial charge in [0.25, 0.3) is 0 Å². The third-order valence-electron chi connectivity index (χ3n) is 2.88. The van der Waals surface area contributed by atoms with Crippen LogP contribution in [0.5, 0.6) is 11.5 Å². The zero-order valence-electron chi connectivity index (χ0n) is 11.9. The first-order valence-corrected chi connectivity index (χ1v) is 6.53. The number of alkyl halides is 3. The second-order valence-electron chi connectivity index (χ2n) is 4.55. The number of hydrogen-bond donors (Lipinski definition) is 1. The molecule has 0 aliphatic carbocycles. The van der Waals surface area contributed by atoms with Gasteiger partial charge in [0.05, 0.1) is 19.9 Å². The number of hydrogen-bond acceptors (Lipinski definition) is 4. The number of halogens is 3. The number of aromatic nitrogens is 2. The van der Waals surface area contributed by atoms with E-state index < -0.39 is 12.8 Å². The fourth-order valence-corrected chi connectivity index (χ4v) is 1.92. The van der Waals surface area contributed by atoms with Crippen molar-refractivity contribution in [3.63, 3.8) is 0 Å². The first-order valence-electron chi connectivity index (χ1n) is 6.53. The van der Waals surface area contributed by atoms with Gasteiger partial charge < -0.3 is 15.2 Å². The molecule has 0 radical (unpaired) electrons. The molecule has 1 aromatic heterocycles. The van der Waals surface area contributed by atoms with Gasteiger partial charge in [-0.3, -0.25) is 4.68 Å². The van der Waals surface area contributed by atoms with Crippen molar-refractivity contribution in [2.75, 3.05) is 20.3 Å². The van der Waals surface area contributed by atoms with E-state index in [9.17, 15) is 13.2 Å². The van der Waals surface area contributed by atoms with Crippen LogP contribution in [0.25, 0.3) is 11.1 Å². The Hall–Kier alpha value is -2.22. The predicted molar refractivity (Wildman–Crippen MR) is 74.8 cm³/mol. The van der Waals surface area contributed by atoms with Crippen molar-refractivity contribution >= 4 is 0 Å². The second kappa shape index (κ2) is 6.69. The maximum Gasteiger partial charge on any atom is 0.422 e. The van der Waals surface area contributed by atoms with Crippen molar-refractivity contribution in [1.82, 2.24) is 9.78 Å². The summed E-state index contributed by atoms with van der Waals surface area (Å²) in [4.78, 5) is 0. The van der Waals surface area contributed by atoms with Crippen molar-refractivity contribution in [2.24, 2.45) is 5.73 Å². The standard InChI is InChI=1S/C14H16F3N3O2/c1-21-13-3-2-11(22-9-14(15,16)17)6-12(13)10-7-19-20(8-10)5-4-18/h2-3,6-8H,4-5,9,18H2,1H3. The maximum atomic E-state index is 12.2. The van der Waals surface area contributed by atoms with Crippen molar-refractivity contribution in [3.8, 4) is 22.6 Å². The van der Waals surface area contributed by atoms with Crippen molar-refractivity contribution < 1.29 is 22.6 Å². The van der Waals surface area contributed by atoms with Crippen LogP contribution in [0, 0.1) is 0 Å². The van der Waals surface area contributed by atoms with Gasteiger partial charge in [-0.05, 0) is 18.2 Å². The van der Waals surface area contributed by atoms with E-state index in [4.69, 9.17) is 15.2 Å². The molecule has 5 nitrogen and oxygen atoms in total. The van der Waals surface area contributed by atoms with Crippen LogP contribution in [0.4, 0.5) is 13.2 Å². The summed E-state index contributed by atoms with van der Waals surface area (Å²) >= 11 is 0. The van der Waals surface area contributed by atoms with Gasteiger partial charge in [0.2, 0.25) is 0 Å². The van der Waals surface area contributed by atoms with Gasteiger partial charge >= 0.3 is 6.18 Å². The van der Waals surface area contributed by atoms with E-state index in [2.05, 4.69) is 5.10 Å². The summed E-state index contributed by atoms with van der Waals surface area (Å²) in [6.07, 6.45) is -1.04. The van der Waals surface area contributed by atoms with Crippen LogP contribution in [0.3, 0.4) is 0 Å². The van der Waals surface area contributed by atoms with Crippen LogP contribution >= 0.6 is 0 Å². The molecule has 2 aromatic rings. The first-order chi connectivity index (χ1) is 10.4. The van der Waals surface area contributed by atoms with Crippen LogP contribution in [-0.2, 0) is 6.54 Å². The highest BCUT2D eigenvalue weighted by Gasteiger charge is 2.28. The molecule has 0 saturated heterocycles. The van der Waals surface area contributed by atoms with Gasteiger partial charge in [0.15, 0.2) is 6.61 Å². The largest absolute Gasteiger partial charge is 0.496 e. The molecule has 0 fully saturated rings. The summed E-state index contributed by atoms with van der Waals surface area (Å²) in [5.74, 6) is 0.631.